The van der Waals surface area contributed by atoms with E-state index in [2.05, 4.69) is 20.8 Å². The highest BCUT2D eigenvalue weighted by Crippen LogP contribution is 2.60. The van der Waals surface area contributed by atoms with Crippen LogP contribution in [0, 0.1) is 29.6 Å². The van der Waals surface area contributed by atoms with Gasteiger partial charge in [0, 0.05) is 17.4 Å². The minimum atomic E-state index is -0.247. The van der Waals surface area contributed by atoms with Crippen LogP contribution in [-0.4, -0.2) is 17.3 Å². The summed E-state index contributed by atoms with van der Waals surface area (Å²) in [5.74, 6) is 1.84. The third-order valence-electron chi connectivity index (χ3n) is 7.25. The van der Waals surface area contributed by atoms with E-state index in [1.54, 1.807) is 13.0 Å². The Balaban J connectivity index is 1.75. The maximum absolute atomic E-state index is 12.3. The summed E-state index contributed by atoms with van der Waals surface area (Å²) < 4.78 is 12.1. The van der Waals surface area contributed by atoms with Crippen LogP contribution in [0.1, 0.15) is 57.8 Å². The van der Waals surface area contributed by atoms with Crippen LogP contribution in [0.2, 0.25) is 0 Å². The van der Waals surface area contributed by atoms with Crippen LogP contribution in [0.5, 0.6) is 5.95 Å². The van der Waals surface area contributed by atoms with Gasteiger partial charge in [-0.3, -0.25) is 4.79 Å². The van der Waals surface area contributed by atoms with Crippen molar-refractivity contribution in [2.75, 3.05) is 0 Å². The normalized spacial score (nSPS) is 40.0. The van der Waals surface area contributed by atoms with Crippen LogP contribution in [0.4, 0.5) is 0 Å². The SMILES string of the molecule is Cc1cc(=O)c2c(o1)O[C@H]1[C@@H](CC[C@H]3C(C)(C)[C@@H](O)CC[C@]13C)C2. The summed E-state index contributed by atoms with van der Waals surface area (Å²) in [6.07, 6.45) is 4.51. The summed E-state index contributed by atoms with van der Waals surface area (Å²) >= 11 is 0. The molecule has 0 spiro atoms. The molecule has 0 amide bonds. The first kappa shape index (κ1) is 16.2. The average molecular weight is 332 g/mol. The molecule has 0 radical (unpaired) electrons. The molecule has 2 heterocycles. The average Bonchev–Trinajstić information content (AvgIpc) is 2.50. The maximum atomic E-state index is 12.3. The van der Waals surface area contributed by atoms with Crippen molar-refractivity contribution in [1.29, 1.82) is 0 Å². The summed E-state index contributed by atoms with van der Waals surface area (Å²) in [4.78, 5) is 12.3. The third-order valence-corrected chi connectivity index (χ3v) is 7.25. The van der Waals surface area contributed by atoms with Gasteiger partial charge in [0.1, 0.15) is 11.9 Å². The zero-order valence-corrected chi connectivity index (χ0v) is 15.1. The Hall–Kier alpha value is -1.29. The molecule has 0 aromatic carbocycles. The van der Waals surface area contributed by atoms with E-state index in [-0.39, 0.29) is 28.5 Å². The Labute approximate surface area is 143 Å². The number of hydrogen-bond acceptors (Lipinski definition) is 4. The minimum absolute atomic E-state index is 0.0195. The lowest BCUT2D eigenvalue weighted by atomic mass is 9.47. The molecule has 5 atom stereocenters. The summed E-state index contributed by atoms with van der Waals surface area (Å²) in [5, 5.41) is 10.5. The first-order chi connectivity index (χ1) is 11.2. The van der Waals surface area contributed by atoms with Gasteiger partial charge in [-0.25, -0.2) is 0 Å². The van der Waals surface area contributed by atoms with Gasteiger partial charge < -0.3 is 14.3 Å². The number of ether oxygens (including phenoxy) is 1. The van der Waals surface area contributed by atoms with E-state index in [9.17, 15) is 9.90 Å². The molecule has 132 valence electrons. The quantitative estimate of drug-likeness (QED) is 0.790. The Morgan fingerprint density at radius 2 is 1.96 bits per heavy atom. The van der Waals surface area contributed by atoms with Gasteiger partial charge in [0.15, 0.2) is 5.43 Å². The summed E-state index contributed by atoms with van der Waals surface area (Å²) in [7, 11) is 0. The zero-order chi connectivity index (χ0) is 17.3. The maximum Gasteiger partial charge on any atom is 0.292 e. The molecule has 4 rings (SSSR count). The molecule has 24 heavy (non-hydrogen) atoms. The summed E-state index contributed by atoms with van der Waals surface area (Å²) in [6.45, 7) is 8.51. The number of aliphatic hydroxyl groups is 1. The molecule has 0 unspecified atom stereocenters. The molecule has 2 fully saturated rings. The van der Waals surface area contributed by atoms with Crippen LogP contribution in [-0.2, 0) is 6.42 Å². The molecular formula is C20H28O4. The van der Waals surface area contributed by atoms with Crippen molar-refractivity contribution < 1.29 is 14.3 Å². The standard InChI is InChI=1S/C20H28O4/c1-11-9-14(21)13-10-12-5-6-15-19(2,3)16(22)7-8-20(15,4)17(12)24-18(13)23-11/h9,12,15-17,22H,5-8,10H2,1-4H3/t12-,15-,16-,17-,20-/m0/s1. The summed E-state index contributed by atoms with van der Waals surface area (Å²) in [6, 6.07) is 1.57. The van der Waals surface area contributed by atoms with E-state index >= 15 is 0 Å². The molecule has 0 saturated heterocycles. The Kier molecular flexibility index (Phi) is 3.44. The van der Waals surface area contributed by atoms with Crippen LogP contribution >= 0.6 is 0 Å². The van der Waals surface area contributed by atoms with Gasteiger partial charge in [0.05, 0.1) is 11.7 Å². The van der Waals surface area contributed by atoms with Crippen molar-refractivity contribution in [3.05, 3.63) is 27.6 Å². The predicted octanol–water partition coefficient (Wildman–Crippen LogP) is 3.47. The highest BCUT2D eigenvalue weighted by molar-refractivity contribution is 5.29. The van der Waals surface area contributed by atoms with E-state index in [4.69, 9.17) is 9.15 Å². The summed E-state index contributed by atoms with van der Waals surface area (Å²) in [5.41, 5.74) is 0.665. The van der Waals surface area contributed by atoms with Crippen LogP contribution in [0.3, 0.4) is 0 Å². The minimum Gasteiger partial charge on any atom is -0.461 e. The molecule has 1 aromatic rings. The lowest BCUT2D eigenvalue weighted by Gasteiger charge is -2.60. The highest BCUT2D eigenvalue weighted by Gasteiger charge is 2.59. The first-order valence-electron chi connectivity index (χ1n) is 9.22. The van der Waals surface area contributed by atoms with Gasteiger partial charge in [-0.1, -0.05) is 20.8 Å². The fraction of sp³-hybridized carbons (Fsp3) is 0.750. The zero-order valence-electron chi connectivity index (χ0n) is 15.1. The smallest absolute Gasteiger partial charge is 0.292 e. The first-order valence-corrected chi connectivity index (χ1v) is 9.22. The van der Waals surface area contributed by atoms with Crippen LogP contribution < -0.4 is 10.2 Å². The lowest BCUT2D eigenvalue weighted by Crippen LogP contribution is -2.61. The monoisotopic (exact) mass is 332 g/mol. The van der Waals surface area contributed by atoms with Gasteiger partial charge in [0.25, 0.3) is 5.95 Å². The lowest BCUT2D eigenvalue weighted by molar-refractivity contribution is -0.176. The fourth-order valence-corrected chi connectivity index (χ4v) is 5.90. The number of aryl methyl sites for hydroxylation is 1. The van der Waals surface area contributed by atoms with Crippen molar-refractivity contribution in [3.63, 3.8) is 0 Å². The molecule has 4 heteroatoms. The number of rotatable bonds is 0. The Morgan fingerprint density at radius 1 is 1.21 bits per heavy atom. The van der Waals surface area contributed by atoms with Crippen LogP contribution in [0.15, 0.2) is 15.3 Å². The number of aliphatic hydroxyl groups excluding tert-OH is 1. The van der Waals surface area contributed by atoms with Crippen molar-refractivity contribution in [2.45, 2.75) is 72.0 Å². The largest absolute Gasteiger partial charge is 0.461 e. The highest BCUT2D eigenvalue weighted by atomic mass is 16.6. The second-order valence-corrected chi connectivity index (χ2v) is 9.00. The van der Waals surface area contributed by atoms with Crippen LogP contribution in [0.25, 0.3) is 0 Å². The van der Waals surface area contributed by atoms with Gasteiger partial charge >= 0.3 is 0 Å². The van der Waals surface area contributed by atoms with Crippen molar-refractivity contribution >= 4 is 0 Å². The molecule has 4 nitrogen and oxygen atoms in total. The van der Waals surface area contributed by atoms with Gasteiger partial charge in [-0.15, -0.1) is 0 Å². The fourth-order valence-electron chi connectivity index (χ4n) is 5.90. The van der Waals surface area contributed by atoms with Crippen molar-refractivity contribution in [2.24, 2.45) is 22.7 Å². The number of hydrogen-bond donors (Lipinski definition) is 1. The van der Waals surface area contributed by atoms with Gasteiger partial charge in [0.2, 0.25) is 0 Å². The molecule has 0 bridgehead atoms. The third kappa shape index (κ3) is 2.11. The molecular weight excluding hydrogens is 304 g/mol. The van der Waals surface area contributed by atoms with E-state index < -0.39 is 0 Å². The van der Waals surface area contributed by atoms with Crippen molar-refractivity contribution in [1.82, 2.24) is 0 Å². The van der Waals surface area contributed by atoms with Crippen molar-refractivity contribution in [3.8, 4) is 5.95 Å². The number of fused-ring (bicyclic) bond motifs is 4. The van der Waals surface area contributed by atoms with E-state index in [0.717, 1.165) is 32.1 Å². The van der Waals surface area contributed by atoms with Gasteiger partial charge in [-0.2, -0.15) is 0 Å². The Bertz CT molecular complexity index is 719. The molecule has 2 aliphatic carbocycles. The van der Waals surface area contributed by atoms with Gasteiger partial charge in [-0.05, 0) is 50.4 Å². The van der Waals surface area contributed by atoms with E-state index in [1.165, 1.54) is 0 Å². The Morgan fingerprint density at radius 3 is 2.71 bits per heavy atom. The molecule has 1 aromatic heterocycles. The topological polar surface area (TPSA) is 59.7 Å². The predicted molar refractivity (Wildman–Crippen MR) is 91.2 cm³/mol. The second-order valence-electron chi connectivity index (χ2n) is 9.00. The molecule has 3 aliphatic rings. The van der Waals surface area contributed by atoms with E-state index in [1.807, 2.05) is 0 Å². The molecule has 1 N–H and O–H groups in total. The molecule has 2 saturated carbocycles. The second kappa shape index (κ2) is 5.10. The van der Waals surface area contributed by atoms with E-state index in [0.29, 0.717) is 29.1 Å². The molecule has 1 aliphatic heterocycles.